The molecule has 2 heterocycles. The molecule has 1 unspecified atom stereocenters. The van der Waals surface area contributed by atoms with Gasteiger partial charge in [-0.15, -0.1) is 0 Å². The zero-order valence-corrected chi connectivity index (χ0v) is 12.5. The second-order valence-electron chi connectivity index (χ2n) is 4.48. The molecule has 0 N–H and O–H groups in total. The van der Waals surface area contributed by atoms with E-state index in [-0.39, 0.29) is 5.91 Å². The first kappa shape index (κ1) is 13.8. The van der Waals surface area contributed by atoms with E-state index in [1.165, 1.54) is 12.6 Å². The number of carbonyl (C=O) groups is 1. The van der Waals surface area contributed by atoms with Crippen molar-refractivity contribution in [2.24, 2.45) is 0 Å². The van der Waals surface area contributed by atoms with E-state index in [4.69, 9.17) is 11.6 Å². The molecule has 1 aliphatic heterocycles. The summed E-state index contributed by atoms with van der Waals surface area (Å²) in [5, 5.41) is 1.36. The molecule has 5 heteroatoms. The predicted octanol–water partition coefficient (Wildman–Crippen LogP) is 3.51. The van der Waals surface area contributed by atoms with E-state index < -0.39 is 0 Å². The van der Waals surface area contributed by atoms with Crippen molar-refractivity contribution in [3.8, 4) is 0 Å². The second-order valence-corrected chi connectivity index (χ2v) is 5.68. The Labute approximate surface area is 121 Å². The van der Waals surface area contributed by atoms with Gasteiger partial charge in [0.25, 0.3) is 5.91 Å². The Bertz CT molecular complexity index is 425. The van der Waals surface area contributed by atoms with Gasteiger partial charge < -0.3 is 4.90 Å². The van der Waals surface area contributed by atoms with Crippen LogP contribution in [0.5, 0.6) is 0 Å². The average molecular weight is 332 g/mol. The lowest BCUT2D eigenvalue weighted by molar-refractivity contribution is 0.0610. The molecule has 98 valence electrons. The highest BCUT2D eigenvalue weighted by Gasteiger charge is 2.27. The van der Waals surface area contributed by atoms with Gasteiger partial charge in [0.05, 0.1) is 10.6 Å². The fourth-order valence-electron chi connectivity index (χ4n) is 2.40. The van der Waals surface area contributed by atoms with Crippen molar-refractivity contribution >= 4 is 33.4 Å². The molecular weight excluding hydrogens is 316 g/mol. The van der Waals surface area contributed by atoms with Gasteiger partial charge in [0, 0.05) is 30.3 Å². The number of pyridine rings is 1. The summed E-state index contributed by atoms with van der Waals surface area (Å²) in [7, 11) is 0. The molecule has 3 nitrogen and oxygen atoms in total. The van der Waals surface area contributed by atoms with Gasteiger partial charge in [-0.1, -0.05) is 27.5 Å². The molecule has 0 radical (unpaired) electrons. The third kappa shape index (κ3) is 3.04. The Kier molecular flexibility index (Phi) is 5.01. The zero-order valence-electron chi connectivity index (χ0n) is 10.1. The lowest BCUT2D eigenvalue weighted by Crippen LogP contribution is -2.44. The molecule has 1 saturated heterocycles. The summed E-state index contributed by atoms with van der Waals surface area (Å²) >= 11 is 9.50. The molecule has 0 aliphatic carbocycles. The van der Waals surface area contributed by atoms with E-state index in [1.54, 1.807) is 12.3 Å². The third-order valence-electron chi connectivity index (χ3n) is 3.33. The summed E-state index contributed by atoms with van der Waals surface area (Å²) in [4.78, 5) is 18.4. The Morgan fingerprint density at radius 3 is 3.11 bits per heavy atom. The number of alkyl halides is 1. The number of hydrogen-bond acceptors (Lipinski definition) is 2. The van der Waals surface area contributed by atoms with Crippen LogP contribution in [0.4, 0.5) is 0 Å². The van der Waals surface area contributed by atoms with Crippen molar-refractivity contribution in [2.75, 3.05) is 11.9 Å². The van der Waals surface area contributed by atoms with Gasteiger partial charge in [-0.3, -0.25) is 9.78 Å². The molecule has 0 spiro atoms. The van der Waals surface area contributed by atoms with Crippen molar-refractivity contribution in [2.45, 2.75) is 31.7 Å². The van der Waals surface area contributed by atoms with E-state index in [2.05, 4.69) is 20.9 Å². The van der Waals surface area contributed by atoms with Crippen LogP contribution in [0, 0.1) is 0 Å². The Morgan fingerprint density at radius 1 is 1.56 bits per heavy atom. The van der Waals surface area contributed by atoms with Crippen LogP contribution in [-0.4, -0.2) is 33.7 Å². The van der Waals surface area contributed by atoms with Crippen molar-refractivity contribution in [3.05, 3.63) is 29.0 Å². The smallest absolute Gasteiger partial charge is 0.255 e. The predicted molar refractivity (Wildman–Crippen MR) is 76.3 cm³/mol. The maximum absolute atomic E-state index is 12.5. The van der Waals surface area contributed by atoms with Crippen LogP contribution >= 0.6 is 27.5 Å². The fourth-order valence-corrected chi connectivity index (χ4v) is 3.13. The minimum atomic E-state index is 0.0352. The summed E-state index contributed by atoms with van der Waals surface area (Å²) in [6, 6.07) is 2.03. The van der Waals surface area contributed by atoms with E-state index in [0.29, 0.717) is 16.6 Å². The van der Waals surface area contributed by atoms with Crippen LogP contribution in [0.1, 0.15) is 36.0 Å². The second kappa shape index (κ2) is 6.53. The maximum atomic E-state index is 12.5. The molecule has 1 aromatic heterocycles. The van der Waals surface area contributed by atoms with Crippen LogP contribution in [0.15, 0.2) is 18.5 Å². The monoisotopic (exact) mass is 330 g/mol. The highest BCUT2D eigenvalue weighted by molar-refractivity contribution is 9.09. The topological polar surface area (TPSA) is 33.2 Å². The first-order valence-electron chi connectivity index (χ1n) is 6.20. The van der Waals surface area contributed by atoms with Crippen LogP contribution in [0.2, 0.25) is 5.02 Å². The summed E-state index contributed by atoms with van der Waals surface area (Å²) in [6.45, 7) is 0.829. The molecule has 18 heavy (non-hydrogen) atoms. The fraction of sp³-hybridized carbons (Fsp3) is 0.538. The lowest BCUT2D eigenvalue weighted by atomic mass is 9.99. The van der Waals surface area contributed by atoms with E-state index in [0.717, 1.165) is 31.1 Å². The van der Waals surface area contributed by atoms with E-state index in [1.807, 2.05) is 4.90 Å². The van der Waals surface area contributed by atoms with Crippen molar-refractivity contribution in [1.29, 1.82) is 0 Å². The SMILES string of the molecule is O=C(c1ccncc1Cl)N1CCCCC1CCBr. The van der Waals surface area contributed by atoms with Crippen molar-refractivity contribution < 1.29 is 4.79 Å². The largest absolute Gasteiger partial charge is 0.336 e. The van der Waals surface area contributed by atoms with E-state index >= 15 is 0 Å². The van der Waals surface area contributed by atoms with Crippen LogP contribution < -0.4 is 0 Å². The Balaban J connectivity index is 2.18. The van der Waals surface area contributed by atoms with Crippen LogP contribution in [0.3, 0.4) is 0 Å². The number of amides is 1. The highest BCUT2D eigenvalue weighted by Crippen LogP contribution is 2.24. The zero-order chi connectivity index (χ0) is 13.0. The number of nitrogens with zero attached hydrogens (tertiary/aromatic N) is 2. The van der Waals surface area contributed by atoms with Gasteiger partial charge in [0.1, 0.15) is 0 Å². The van der Waals surface area contributed by atoms with Gasteiger partial charge in [-0.2, -0.15) is 0 Å². The van der Waals surface area contributed by atoms with Gasteiger partial charge in [-0.25, -0.2) is 0 Å². The minimum Gasteiger partial charge on any atom is -0.336 e. The van der Waals surface area contributed by atoms with Gasteiger partial charge in [0.2, 0.25) is 0 Å². The molecule has 0 bridgehead atoms. The van der Waals surface area contributed by atoms with Crippen molar-refractivity contribution in [3.63, 3.8) is 0 Å². The Morgan fingerprint density at radius 2 is 2.39 bits per heavy atom. The van der Waals surface area contributed by atoms with Crippen LogP contribution in [-0.2, 0) is 0 Å². The van der Waals surface area contributed by atoms with E-state index in [9.17, 15) is 4.79 Å². The lowest BCUT2D eigenvalue weighted by Gasteiger charge is -2.35. The minimum absolute atomic E-state index is 0.0352. The summed E-state index contributed by atoms with van der Waals surface area (Å²) in [5.41, 5.74) is 0.563. The number of hydrogen-bond donors (Lipinski definition) is 0. The summed E-state index contributed by atoms with van der Waals surface area (Å²) < 4.78 is 0. The van der Waals surface area contributed by atoms with Gasteiger partial charge in [-0.05, 0) is 31.7 Å². The summed E-state index contributed by atoms with van der Waals surface area (Å²) in [5.74, 6) is 0.0352. The number of likely N-dealkylation sites (tertiary alicyclic amines) is 1. The third-order valence-corrected chi connectivity index (χ3v) is 4.09. The highest BCUT2D eigenvalue weighted by atomic mass is 79.9. The van der Waals surface area contributed by atoms with Gasteiger partial charge >= 0.3 is 0 Å². The van der Waals surface area contributed by atoms with Crippen LogP contribution in [0.25, 0.3) is 0 Å². The molecule has 1 aliphatic rings. The maximum Gasteiger partial charge on any atom is 0.255 e. The first-order chi connectivity index (χ1) is 8.74. The number of piperidine rings is 1. The molecular formula is C13H16BrClN2O. The number of rotatable bonds is 3. The molecule has 2 rings (SSSR count). The van der Waals surface area contributed by atoms with Gasteiger partial charge in [0.15, 0.2) is 0 Å². The average Bonchev–Trinajstić information content (AvgIpc) is 2.40. The molecule has 1 fully saturated rings. The first-order valence-corrected chi connectivity index (χ1v) is 7.70. The molecule has 1 atom stereocenters. The molecule has 0 aromatic carbocycles. The quantitative estimate of drug-likeness (QED) is 0.794. The Hall–Kier alpha value is -0.610. The molecule has 0 saturated carbocycles. The van der Waals surface area contributed by atoms with Crippen molar-refractivity contribution in [1.82, 2.24) is 9.88 Å². The molecule has 1 amide bonds. The normalized spacial score (nSPS) is 19.9. The number of aromatic nitrogens is 1. The number of carbonyl (C=O) groups excluding carboxylic acids is 1. The molecule has 1 aromatic rings. The number of halogens is 2. The summed E-state index contributed by atoms with van der Waals surface area (Å²) in [6.07, 6.45) is 7.49. The standard InChI is InChI=1S/C13H16BrClN2O/c14-6-4-10-3-1-2-8-17(10)13(18)11-5-7-16-9-12(11)15/h5,7,9-10H,1-4,6,8H2.